The largest absolute Gasteiger partial charge is 0.456 e. The van der Waals surface area contributed by atoms with E-state index in [9.17, 15) is 5.48 Å². The normalized spacial score (nSPS) is 16.3. The van der Waals surface area contributed by atoms with E-state index in [-0.39, 0.29) is 32.7 Å². The predicted octanol–water partition coefficient (Wildman–Crippen LogP) is 10.9. The molecule has 0 amide bonds. The van der Waals surface area contributed by atoms with E-state index < -0.39 is 84.1 Å². The van der Waals surface area contributed by atoms with Gasteiger partial charge in [-0.3, -0.25) is 0 Å². The van der Waals surface area contributed by atoms with Crippen LogP contribution in [0.25, 0.3) is 76.9 Å². The first-order valence-electron chi connectivity index (χ1n) is 18.8. The van der Waals surface area contributed by atoms with Crippen molar-refractivity contribution >= 4 is 43.5 Å². The lowest BCUT2D eigenvalue weighted by molar-refractivity contribution is 0.669. The molecule has 8 rings (SSSR count). The zero-order valence-corrected chi connectivity index (χ0v) is 20.3. The van der Waals surface area contributed by atoms with Crippen molar-refractivity contribution < 1.29 is 22.2 Å². The van der Waals surface area contributed by atoms with Crippen LogP contribution in [0, 0.1) is 0 Å². The highest BCUT2D eigenvalue weighted by molar-refractivity contribution is 6.27. The Morgan fingerprint density at radius 3 is 1.69 bits per heavy atom. The molecule has 0 unspecified atom stereocenters. The molecule has 0 atom stereocenters. The topological polar surface area (TPSA) is 13.1 Å². The highest BCUT2D eigenvalue weighted by Gasteiger charge is 2.23. The molecule has 0 aliphatic heterocycles. The molecular formula is C38H24O. The van der Waals surface area contributed by atoms with Gasteiger partial charge in [-0.05, 0) is 61.5 Å². The molecular weight excluding hydrogens is 472 g/mol. The third-order valence-corrected chi connectivity index (χ3v) is 7.00. The first-order chi connectivity index (χ1) is 24.8. The Labute approximate surface area is 244 Å². The lowest BCUT2D eigenvalue weighted by Crippen LogP contribution is -1.93. The van der Waals surface area contributed by atoms with E-state index in [1.807, 2.05) is 42.5 Å². The van der Waals surface area contributed by atoms with Crippen LogP contribution in [0.5, 0.6) is 0 Å². The number of rotatable bonds is 3. The molecule has 0 N–H and O–H groups in total. The Bertz CT molecular complexity index is 2770. The van der Waals surface area contributed by atoms with Gasteiger partial charge in [-0.2, -0.15) is 0 Å². The molecule has 7 aromatic carbocycles. The maximum atomic E-state index is 9.40. The minimum Gasteiger partial charge on any atom is -0.456 e. The zero-order valence-electron chi connectivity index (χ0n) is 33.3. The summed E-state index contributed by atoms with van der Waals surface area (Å²) in [6, 6.07) is 11.5. The van der Waals surface area contributed by atoms with Crippen molar-refractivity contribution in [2.75, 3.05) is 0 Å². The quantitative estimate of drug-likeness (QED) is 0.216. The number of fused-ring (bicyclic) bond motifs is 5. The second-order valence-electron chi connectivity index (χ2n) is 9.08. The molecule has 1 heterocycles. The van der Waals surface area contributed by atoms with Crippen LogP contribution in [0.2, 0.25) is 0 Å². The molecule has 0 bridgehead atoms. The van der Waals surface area contributed by atoms with Crippen molar-refractivity contribution in [1.29, 1.82) is 0 Å². The van der Waals surface area contributed by atoms with Gasteiger partial charge in [0.1, 0.15) is 11.2 Å². The first-order valence-corrected chi connectivity index (χ1v) is 12.3. The van der Waals surface area contributed by atoms with Gasteiger partial charge in [-0.25, -0.2) is 0 Å². The first kappa shape index (κ1) is 12.6. The van der Waals surface area contributed by atoms with E-state index in [0.29, 0.717) is 38.6 Å². The Balaban J connectivity index is 1.80. The van der Waals surface area contributed by atoms with Crippen LogP contribution in [0.3, 0.4) is 0 Å². The fourth-order valence-electron chi connectivity index (χ4n) is 5.43. The van der Waals surface area contributed by atoms with Gasteiger partial charge in [0, 0.05) is 16.3 Å². The summed E-state index contributed by atoms with van der Waals surface area (Å²) in [5, 5.41) is 0.334. The monoisotopic (exact) mass is 509 g/mol. The van der Waals surface area contributed by atoms with Gasteiger partial charge >= 0.3 is 0 Å². The van der Waals surface area contributed by atoms with E-state index in [0.717, 1.165) is 0 Å². The molecule has 0 fully saturated rings. The summed E-state index contributed by atoms with van der Waals surface area (Å²) in [4.78, 5) is 0. The highest BCUT2D eigenvalue weighted by atomic mass is 16.3. The fourth-order valence-corrected chi connectivity index (χ4v) is 5.43. The number of hydrogen-bond donors (Lipinski definition) is 0. The predicted molar refractivity (Wildman–Crippen MR) is 165 cm³/mol. The summed E-state index contributed by atoms with van der Waals surface area (Å²) in [5.41, 5.74) is 1.82. The van der Waals surface area contributed by atoms with Crippen molar-refractivity contribution in [3.63, 3.8) is 0 Å². The third kappa shape index (κ3) is 3.34. The molecule has 8 aromatic rings. The summed E-state index contributed by atoms with van der Waals surface area (Å²) < 4.78 is 122. The van der Waals surface area contributed by atoms with Gasteiger partial charge in [0.25, 0.3) is 0 Å². The maximum Gasteiger partial charge on any atom is 0.136 e. The molecule has 0 saturated carbocycles. The fraction of sp³-hybridized carbons (Fsp3) is 0. The van der Waals surface area contributed by atoms with E-state index in [1.54, 1.807) is 24.3 Å². The minimum absolute atomic E-state index is 0.0520. The van der Waals surface area contributed by atoms with Crippen LogP contribution in [0.1, 0.15) is 17.8 Å². The molecule has 1 heteroatoms. The Morgan fingerprint density at radius 2 is 1.00 bits per heavy atom. The lowest BCUT2D eigenvalue weighted by atomic mass is 9.82. The third-order valence-electron chi connectivity index (χ3n) is 7.00. The summed E-state index contributed by atoms with van der Waals surface area (Å²) in [5.74, 6) is 0. The SMILES string of the molecule is [2H]c1c([2H])c([2H])c(-c2c3c([2H])c([2H])c([2H])c([2H])c3c(-c3c(-c4ccccc4)ccc4oc5ccccc5c34)c3c([2H])c([2H])c([2H])c([2H])c23)c([2H])c1[2H]. The average Bonchev–Trinajstić information content (AvgIpc) is 3.54. The molecule has 39 heavy (non-hydrogen) atoms. The van der Waals surface area contributed by atoms with Crippen molar-refractivity contribution in [3.8, 4) is 33.4 Å². The van der Waals surface area contributed by atoms with Gasteiger partial charge in [0.05, 0.1) is 17.8 Å². The molecule has 0 spiro atoms. The van der Waals surface area contributed by atoms with Crippen LogP contribution in [-0.4, -0.2) is 0 Å². The van der Waals surface area contributed by atoms with Gasteiger partial charge in [-0.1, -0.05) is 133 Å². The van der Waals surface area contributed by atoms with Crippen LogP contribution in [-0.2, 0) is 0 Å². The second kappa shape index (κ2) is 8.72. The van der Waals surface area contributed by atoms with Crippen LogP contribution in [0.4, 0.5) is 0 Å². The highest BCUT2D eigenvalue weighted by Crippen LogP contribution is 2.49. The van der Waals surface area contributed by atoms with E-state index in [4.69, 9.17) is 16.8 Å². The molecule has 0 saturated heterocycles. The van der Waals surface area contributed by atoms with Gasteiger partial charge < -0.3 is 4.42 Å². The molecule has 1 nitrogen and oxygen atoms in total. The smallest absolute Gasteiger partial charge is 0.136 e. The summed E-state index contributed by atoms with van der Waals surface area (Å²) >= 11 is 0. The summed E-state index contributed by atoms with van der Waals surface area (Å²) in [6.45, 7) is 0. The number of benzene rings is 7. The number of hydrogen-bond acceptors (Lipinski definition) is 1. The molecule has 0 aliphatic rings. The molecule has 0 radical (unpaired) electrons. The molecule has 182 valence electrons. The van der Waals surface area contributed by atoms with Crippen molar-refractivity contribution in [1.82, 2.24) is 0 Å². The standard InChI is InChI=1S/C38H24O/c1-3-13-25(14-4-1)27-23-24-34-37(32-21-11-12-22-33(32)39-34)38(27)36-30-19-9-7-17-28(30)35(26-15-5-2-6-16-26)29-18-8-10-20-31(29)36/h1-24H/i2D,5D,6D,7D,8D,9D,10D,15D,16D,17D,18D,19D,20D. The van der Waals surface area contributed by atoms with E-state index in [1.165, 1.54) is 0 Å². The lowest BCUT2D eigenvalue weighted by Gasteiger charge is -2.20. The van der Waals surface area contributed by atoms with E-state index in [2.05, 4.69) is 0 Å². The van der Waals surface area contributed by atoms with Crippen LogP contribution >= 0.6 is 0 Å². The van der Waals surface area contributed by atoms with Crippen molar-refractivity contribution in [2.24, 2.45) is 0 Å². The Morgan fingerprint density at radius 1 is 0.410 bits per heavy atom. The van der Waals surface area contributed by atoms with Gasteiger partial charge in [0.2, 0.25) is 0 Å². The van der Waals surface area contributed by atoms with Gasteiger partial charge in [0.15, 0.2) is 0 Å². The van der Waals surface area contributed by atoms with Crippen molar-refractivity contribution in [2.45, 2.75) is 0 Å². The molecule has 0 aliphatic carbocycles. The van der Waals surface area contributed by atoms with Gasteiger partial charge in [-0.15, -0.1) is 0 Å². The van der Waals surface area contributed by atoms with Crippen LogP contribution < -0.4 is 0 Å². The Hall–Kier alpha value is -5.14. The average molecular weight is 510 g/mol. The molecule has 1 aromatic heterocycles. The number of furan rings is 1. The summed E-state index contributed by atoms with van der Waals surface area (Å²) in [7, 11) is 0. The minimum atomic E-state index is -0.718. The van der Waals surface area contributed by atoms with Crippen molar-refractivity contribution in [3.05, 3.63) is 145 Å². The van der Waals surface area contributed by atoms with Crippen LogP contribution in [0.15, 0.2) is 150 Å². The maximum absolute atomic E-state index is 9.40. The second-order valence-corrected chi connectivity index (χ2v) is 9.08. The zero-order chi connectivity index (χ0) is 37.1. The number of para-hydroxylation sites is 1. The Kier molecular flexibility index (Phi) is 2.82. The summed E-state index contributed by atoms with van der Waals surface area (Å²) in [6.07, 6.45) is 0. The van der Waals surface area contributed by atoms with E-state index >= 15 is 0 Å².